The molecular weight excluding hydrogens is 347 g/mol. The van der Waals surface area contributed by atoms with Crippen LogP contribution in [0.1, 0.15) is 20.7 Å². The topological polar surface area (TPSA) is 82.4 Å². The SMILES string of the molecule is NC(=O)c1ccc(N2CCN(C(=O)c3c[nH]c4cccc(F)c34)CC2)cc1. The predicted molar refractivity (Wildman–Crippen MR) is 101 cm³/mol. The molecule has 6 nitrogen and oxygen atoms in total. The van der Waals surface area contributed by atoms with Crippen molar-refractivity contribution >= 4 is 28.4 Å². The van der Waals surface area contributed by atoms with Crippen molar-refractivity contribution < 1.29 is 14.0 Å². The van der Waals surface area contributed by atoms with E-state index in [2.05, 4.69) is 9.88 Å². The Balaban J connectivity index is 1.47. The van der Waals surface area contributed by atoms with Crippen LogP contribution in [0.3, 0.4) is 0 Å². The van der Waals surface area contributed by atoms with Crippen LogP contribution in [0.2, 0.25) is 0 Å². The standard InChI is InChI=1S/C20H19FN4O2/c21-16-2-1-3-17-18(16)15(12-23-17)20(27)25-10-8-24(9-11-25)14-6-4-13(5-7-14)19(22)26/h1-7,12,23H,8-11H2,(H2,22,26). The molecule has 0 atom stereocenters. The van der Waals surface area contributed by atoms with Crippen LogP contribution in [0.4, 0.5) is 10.1 Å². The fourth-order valence-corrected chi connectivity index (χ4v) is 3.48. The second-order valence-electron chi connectivity index (χ2n) is 6.56. The lowest BCUT2D eigenvalue weighted by molar-refractivity contribution is 0.0748. The summed E-state index contributed by atoms with van der Waals surface area (Å²) in [5.74, 6) is -1.02. The number of amides is 2. The lowest BCUT2D eigenvalue weighted by Gasteiger charge is -2.36. The zero-order valence-corrected chi connectivity index (χ0v) is 14.6. The van der Waals surface area contributed by atoms with E-state index in [4.69, 9.17) is 5.73 Å². The lowest BCUT2D eigenvalue weighted by Crippen LogP contribution is -2.48. The van der Waals surface area contributed by atoms with E-state index in [0.717, 1.165) is 5.69 Å². The van der Waals surface area contributed by atoms with Crippen LogP contribution < -0.4 is 10.6 Å². The molecule has 1 saturated heterocycles. The minimum absolute atomic E-state index is 0.171. The Labute approximate surface area is 155 Å². The quantitative estimate of drug-likeness (QED) is 0.747. The first-order valence-electron chi connectivity index (χ1n) is 8.74. The van der Waals surface area contributed by atoms with Crippen molar-refractivity contribution in [1.82, 2.24) is 9.88 Å². The Morgan fingerprint density at radius 1 is 1.00 bits per heavy atom. The van der Waals surface area contributed by atoms with Gasteiger partial charge in [-0.05, 0) is 36.4 Å². The number of benzene rings is 2. The smallest absolute Gasteiger partial charge is 0.256 e. The van der Waals surface area contributed by atoms with Crippen LogP contribution >= 0.6 is 0 Å². The number of halogens is 1. The van der Waals surface area contributed by atoms with Gasteiger partial charge in [0.05, 0.1) is 5.56 Å². The summed E-state index contributed by atoms with van der Waals surface area (Å²) in [5.41, 5.74) is 7.69. The molecule has 0 spiro atoms. The van der Waals surface area contributed by atoms with Crippen molar-refractivity contribution in [3.63, 3.8) is 0 Å². The number of aromatic nitrogens is 1. The zero-order valence-electron chi connectivity index (χ0n) is 14.6. The van der Waals surface area contributed by atoms with Crippen LogP contribution in [-0.4, -0.2) is 47.9 Å². The summed E-state index contributed by atoms with van der Waals surface area (Å²) >= 11 is 0. The molecule has 4 rings (SSSR count). The average Bonchev–Trinajstić information content (AvgIpc) is 3.13. The molecule has 3 aromatic rings. The lowest BCUT2D eigenvalue weighted by atomic mass is 10.1. The van der Waals surface area contributed by atoms with E-state index in [1.54, 1.807) is 35.4 Å². The summed E-state index contributed by atoms with van der Waals surface area (Å²) < 4.78 is 14.1. The van der Waals surface area contributed by atoms with Crippen LogP contribution in [0.25, 0.3) is 10.9 Å². The second kappa shape index (κ2) is 6.75. The van der Waals surface area contributed by atoms with Gasteiger partial charge >= 0.3 is 0 Å². The van der Waals surface area contributed by atoms with Gasteiger partial charge in [-0.2, -0.15) is 0 Å². The minimum Gasteiger partial charge on any atom is -0.368 e. The van der Waals surface area contributed by atoms with Crippen molar-refractivity contribution in [2.45, 2.75) is 0 Å². The molecule has 2 aromatic carbocycles. The Bertz CT molecular complexity index is 1000. The number of H-pyrrole nitrogens is 1. The van der Waals surface area contributed by atoms with Crippen molar-refractivity contribution in [3.8, 4) is 0 Å². The molecule has 3 N–H and O–H groups in total. The molecule has 2 heterocycles. The van der Waals surface area contributed by atoms with Gasteiger partial charge in [0.15, 0.2) is 0 Å². The van der Waals surface area contributed by atoms with Gasteiger partial charge in [-0.25, -0.2) is 4.39 Å². The van der Waals surface area contributed by atoms with Gasteiger partial charge in [0.1, 0.15) is 5.82 Å². The third-order valence-electron chi connectivity index (χ3n) is 4.97. The number of anilines is 1. The number of hydrogen-bond acceptors (Lipinski definition) is 3. The first kappa shape index (κ1) is 17.1. The highest BCUT2D eigenvalue weighted by molar-refractivity contribution is 6.07. The molecule has 0 aliphatic carbocycles. The highest BCUT2D eigenvalue weighted by Crippen LogP contribution is 2.24. The van der Waals surface area contributed by atoms with E-state index in [-0.39, 0.29) is 5.91 Å². The minimum atomic E-state index is -0.456. The fourth-order valence-electron chi connectivity index (χ4n) is 3.48. The molecule has 138 valence electrons. The van der Waals surface area contributed by atoms with E-state index >= 15 is 0 Å². The molecule has 0 saturated carbocycles. The molecule has 1 aliphatic rings. The van der Waals surface area contributed by atoms with Gasteiger partial charge in [-0.1, -0.05) is 6.07 Å². The molecule has 7 heteroatoms. The molecule has 1 aromatic heterocycles. The van der Waals surface area contributed by atoms with Crippen molar-refractivity contribution in [3.05, 3.63) is 65.6 Å². The van der Waals surface area contributed by atoms with E-state index in [1.165, 1.54) is 6.07 Å². The highest BCUT2D eigenvalue weighted by Gasteiger charge is 2.25. The number of piperazine rings is 1. The number of rotatable bonds is 3. The van der Waals surface area contributed by atoms with Crippen LogP contribution in [-0.2, 0) is 0 Å². The number of aromatic amines is 1. The summed E-state index contributed by atoms with van der Waals surface area (Å²) in [6.45, 7) is 2.40. The van der Waals surface area contributed by atoms with Crippen LogP contribution in [0.5, 0.6) is 0 Å². The van der Waals surface area contributed by atoms with Gasteiger partial charge in [-0.15, -0.1) is 0 Å². The van der Waals surface area contributed by atoms with E-state index in [1.807, 2.05) is 12.1 Å². The molecule has 1 fully saturated rings. The maximum atomic E-state index is 14.1. The fraction of sp³-hybridized carbons (Fsp3) is 0.200. The second-order valence-corrected chi connectivity index (χ2v) is 6.56. The van der Waals surface area contributed by atoms with Gasteiger partial charge < -0.3 is 20.5 Å². The van der Waals surface area contributed by atoms with Gasteiger partial charge in [-0.3, -0.25) is 9.59 Å². The van der Waals surface area contributed by atoms with E-state index < -0.39 is 11.7 Å². The average molecular weight is 366 g/mol. The molecular formula is C20H19FN4O2. The van der Waals surface area contributed by atoms with Crippen LogP contribution in [0.15, 0.2) is 48.7 Å². The normalized spacial score (nSPS) is 14.6. The van der Waals surface area contributed by atoms with Crippen molar-refractivity contribution in [2.75, 3.05) is 31.1 Å². The largest absolute Gasteiger partial charge is 0.368 e. The zero-order chi connectivity index (χ0) is 19.0. The monoisotopic (exact) mass is 366 g/mol. The predicted octanol–water partition coefficient (Wildman–Crippen LogP) is 2.37. The number of hydrogen-bond donors (Lipinski definition) is 2. The maximum absolute atomic E-state index is 14.1. The number of fused-ring (bicyclic) bond motifs is 1. The molecule has 2 amide bonds. The van der Waals surface area contributed by atoms with Crippen molar-refractivity contribution in [2.24, 2.45) is 5.73 Å². The Kier molecular flexibility index (Phi) is 4.27. The Hall–Kier alpha value is -3.35. The molecule has 0 unspecified atom stereocenters. The first-order valence-corrected chi connectivity index (χ1v) is 8.74. The van der Waals surface area contributed by atoms with E-state index in [0.29, 0.717) is 48.2 Å². The third kappa shape index (κ3) is 3.12. The summed E-state index contributed by atoms with van der Waals surface area (Å²) in [6.07, 6.45) is 1.57. The summed E-state index contributed by atoms with van der Waals surface area (Å²) in [5, 5.41) is 0.340. The first-order chi connectivity index (χ1) is 13.0. The number of carbonyl (C=O) groups excluding carboxylic acids is 2. The summed E-state index contributed by atoms with van der Waals surface area (Å²) in [7, 11) is 0. The number of nitrogens with two attached hydrogens (primary N) is 1. The van der Waals surface area contributed by atoms with Gasteiger partial charge in [0.25, 0.3) is 5.91 Å². The highest BCUT2D eigenvalue weighted by atomic mass is 19.1. The Morgan fingerprint density at radius 3 is 2.37 bits per heavy atom. The third-order valence-corrected chi connectivity index (χ3v) is 4.97. The number of nitrogens with zero attached hydrogens (tertiary/aromatic N) is 2. The van der Waals surface area contributed by atoms with Gasteiger partial charge in [0.2, 0.25) is 5.91 Å². The van der Waals surface area contributed by atoms with Crippen molar-refractivity contribution in [1.29, 1.82) is 0 Å². The molecule has 0 radical (unpaired) electrons. The molecule has 27 heavy (non-hydrogen) atoms. The number of nitrogens with one attached hydrogen (secondary N) is 1. The maximum Gasteiger partial charge on any atom is 0.256 e. The number of carbonyl (C=O) groups is 2. The van der Waals surface area contributed by atoms with Gasteiger partial charge in [0, 0.05) is 54.5 Å². The summed E-state index contributed by atoms with van der Waals surface area (Å²) in [4.78, 5) is 30.9. The molecule has 1 aliphatic heterocycles. The molecule has 0 bridgehead atoms. The number of primary amides is 1. The van der Waals surface area contributed by atoms with E-state index in [9.17, 15) is 14.0 Å². The summed E-state index contributed by atoms with van der Waals surface area (Å²) in [6, 6.07) is 11.8. The van der Waals surface area contributed by atoms with Crippen LogP contribution in [0, 0.1) is 5.82 Å². The Morgan fingerprint density at radius 2 is 1.70 bits per heavy atom.